The molecule has 0 fully saturated rings. The van der Waals surface area contributed by atoms with Gasteiger partial charge in [-0.25, -0.2) is 0 Å². The maximum atomic E-state index is 7.00. The molecule has 5 heteroatoms. The topological polar surface area (TPSA) is 60.7 Å². The van der Waals surface area contributed by atoms with E-state index in [1.165, 1.54) is 0 Å². The Morgan fingerprint density at radius 1 is 0.750 bits per heavy atom. The molecule has 1 rings (SSSR count). The standard InChI is InChI=1S/C8H13Ge.3CH4O.Zr/c1-9(2,3)8-6-4-5-7-8;3*1-2;/h4-7H,1-3H3;3*2H,1H3;/q-1;;;;. The van der Waals surface area contributed by atoms with Crippen molar-refractivity contribution >= 4 is 17.7 Å². The summed E-state index contributed by atoms with van der Waals surface area (Å²) in [5.74, 6) is 7.24. The van der Waals surface area contributed by atoms with Gasteiger partial charge in [-0.05, 0) is 0 Å². The average Bonchev–Trinajstić information content (AvgIpc) is 2.79. The van der Waals surface area contributed by atoms with E-state index >= 15 is 0 Å². The molecule has 0 bridgehead atoms. The molecule has 0 aliphatic rings. The summed E-state index contributed by atoms with van der Waals surface area (Å²) < 4.78 is 1.61. The van der Waals surface area contributed by atoms with Crippen LogP contribution >= 0.6 is 0 Å². The molecule has 0 spiro atoms. The first-order valence-electron chi connectivity index (χ1n) is 4.67. The van der Waals surface area contributed by atoms with Crippen molar-refractivity contribution in [3.8, 4) is 0 Å². The number of aliphatic hydroxyl groups excluding tert-OH is 3. The summed E-state index contributed by atoms with van der Waals surface area (Å²) in [6.07, 6.45) is 0. The van der Waals surface area contributed by atoms with Gasteiger partial charge in [0.05, 0.1) is 0 Å². The van der Waals surface area contributed by atoms with E-state index in [4.69, 9.17) is 15.3 Å². The van der Waals surface area contributed by atoms with Crippen molar-refractivity contribution in [2.24, 2.45) is 0 Å². The van der Waals surface area contributed by atoms with Gasteiger partial charge in [0.25, 0.3) is 0 Å². The minimum atomic E-state index is -1.44. The molecule has 0 heterocycles. The first-order chi connectivity index (χ1) is 7.11. The summed E-state index contributed by atoms with van der Waals surface area (Å²) in [5, 5.41) is 21.0. The summed E-state index contributed by atoms with van der Waals surface area (Å²) in [5.41, 5.74) is 0. The van der Waals surface area contributed by atoms with Gasteiger partial charge in [0, 0.05) is 47.5 Å². The number of hydrogen-bond acceptors (Lipinski definition) is 3. The largest absolute Gasteiger partial charge is 0 e. The summed E-state index contributed by atoms with van der Waals surface area (Å²) >= 11 is -1.44. The fourth-order valence-electron chi connectivity index (χ4n) is 0.874. The monoisotopic (exact) mass is 369 g/mol. The summed E-state index contributed by atoms with van der Waals surface area (Å²) in [6.45, 7) is 0. The summed E-state index contributed by atoms with van der Waals surface area (Å²) in [6, 6.07) is 8.76. The number of aliphatic hydroxyl groups is 3. The van der Waals surface area contributed by atoms with Crippen molar-refractivity contribution in [3.05, 3.63) is 24.3 Å². The third-order valence-corrected chi connectivity index (χ3v) is 5.86. The molecule has 16 heavy (non-hydrogen) atoms. The van der Waals surface area contributed by atoms with E-state index < -0.39 is 13.3 Å². The molecule has 0 amide bonds. The van der Waals surface area contributed by atoms with Crippen LogP contribution in [0.5, 0.6) is 0 Å². The fourth-order valence-corrected chi connectivity index (χ4v) is 3.38. The van der Waals surface area contributed by atoms with Crippen LogP contribution in [-0.4, -0.2) is 49.9 Å². The van der Waals surface area contributed by atoms with E-state index in [0.29, 0.717) is 0 Å². The second-order valence-corrected chi connectivity index (χ2v) is 14.1. The Labute approximate surface area is 121 Å². The number of hydrogen-bond donors (Lipinski definition) is 3. The molecule has 0 saturated carbocycles. The van der Waals surface area contributed by atoms with Gasteiger partial charge in [-0.1, -0.05) is 0 Å². The molecule has 0 aromatic heterocycles. The Hall–Kier alpha value is 0.656. The van der Waals surface area contributed by atoms with E-state index in [0.717, 1.165) is 21.3 Å². The van der Waals surface area contributed by atoms with Gasteiger partial charge in [-0.2, -0.15) is 0 Å². The molecule has 0 radical (unpaired) electrons. The first-order valence-corrected chi connectivity index (χ1v) is 12.0. The molecule has 1 aromatic carbocycles. The molecule has 0 aliphatic heterocycles. The van der Waals surface area contributed by atoms with E-state index in [1.54, 1.807) is 4.40 Å². The first kappa shape index (κ1) is 25.5. The van der Waals surface area contributed by atoms with Crippen LogP contribution < -0.4 is 4.40 Å². The SMILES string of the molecule is CO.CO.CO.[CH3][Ge]([CH3])([CH3])[c-]1cccc1.[Zr]. The van der Waals surface area contributed by atoms with Gasteiger partial charge in [-0.15, -0.1) is 0 Å². The Kier molecular flexibility index (Phi) is 28.7. The molecule has 0 atom stereocenters. The maximum absolute atomic E-state index is 7.00. The summed E-state index contributed by atoms with van der Waals surface area (Å²) in [4.78, 5) is 0. The molecular formula is C11H25GeO3Zr-. The third-order valence-electron chi connectivity index (χ3n) is 1.53. The van der Waals surface area contributed by atoms with Crippen LogP contribution in [0, 0.1) is 0 Å². The maximum Gasteiger partial charge on any atom is 0 e. The molecule has 0 saturated heterocycles. The van der Waals surface area contributed by atoms with E-state index in [-0.39, 0.29) is 26.2 Å². The second kappa shape index (κ2) is 18.0. The van der Waals surface area contributed by atoms with Crippen LogP contribution in [0.1, 0.15) is 0 Å². The molecule has 3 nitrogen and oxygen atoms in total. The van der Waals surface area contributed by atoms with Gasteiger partial charge >= 0.3 is 59.2 Å². The van der Waals surface area contributed by atoms with Gasteiger partial charge in [-0.3, -0.25) is 0 Å². The summed E-state index contributed by atoms with van der Waals surface area (Å²) in [7, 11) is 3.00. The molecular weight excluding hydrogens is 344 g/mol. The van der Waals surface area contributed by atoms with Crippen molar-refractivity contribution in [3.63, 3.8) is 0 Å². The smallest absolute Gasteiger partial charge is 0 e. The molecule has 3 N–H and O–H groups in total. The van der Waals surface area contributed by atoms with Crippen LogP contribution in [0.4, 0.5) is 0 Å². The predicted molar refractivity (Wildman–Crippen MR) is 69.4 cm³/mol. The molecule has 0 unspecified atom stereocenters. The van der Waals surface area contributed by atoms with Crippen molar-refractivity contribution in [1.29, 1.82) is 0 Å². The minimum Gasteiger partial charge on any atom is 0 e. The van der Waals surface area contributed by atoms with Gasteiger partial charge < -0.3 is 15.3 Å². The molecule has 96 valence electrons. The second-order valence-electron chi connectivity index (χ2n) is 3.42. The Balaban J connectivity index is -0.0000000900. The normalized spacial score (nSPS) is 7.81. The van der Waals surface area contributed by atoms with Crippen molar-refractivity contribution in [1.82, 2.24) is 0 Å². The van der Waals surface area contributed by atoms with E-state index in [1.807, 2.05) is 0 Å². The van der Waals surface area contributed by atoms with Crippen LogP contribution in [0.2, 0.25) is 17.3 Å². The van der Waals surface area contributed by atoms with Crippen molar-refractivity contribution < 1.29 is 41.5 Å². The van der Waals surface area contributed by atoms with Crippen LogP contribution in [-0.2, 0) is 26.2 Å². The third kappa shape index (κ3) is 14.7. The van der Waals surface area contributed by atoms with Crippen LogP contribution in [0.25, 0.3) is 0 Å². The Morgan fingerprint density at radius 3 is 1.12 bits per heavy atom. The zero-order chi connectivity index (χ0) is 12.9. The van der Waals surface area contributed by atoms with Crippen LogP contribution in [0.15, 0.2) is 24.3 Å². The van der Waals surface area contributed by atoms with Crippen LogP contribution in [0.3, 0.4) is 0 Å². The van der Waals surface area contributed by atoms with Gasteiger partial charge in [0.2, 0.25) is 0 Å². The van der Waals surface area contributed by atoms with Gasteiger partial charge in [0.1, 0.15) is 0 Å². The zero-order valence-corrected chi connectivity index (χ0v) is 15.7. The quantitative estimate of drug-likeness (QED) is 0.507. The minimum absolute atomic E-state index is 0. The zero-order valence-electron chi connectivity index (χ0n) is 11.2. The molecule has 0 aliphatic carbocycles. The number of rotatable bonds is 1. The fraction of sp³-hybridized carbons (Fsp3) is 0.545. The Morgan fingerprint density at radius 2 is 1.00 bits per heavy atom. The molecule has 1 aromatic rings. The van der Waals surface area contributed by atoms with Crippen molar-refractivity contribution in [2.75, 3.05) is 21.3 Å². The predicted octanol–water partition coefficient (Wildman–Crippen LogP) is 0.774. The van der Waals surface area contributed by atoms with Crippen molar-refractivity contribution in [2.45, 2.75) is 17.3 Å². The Bertz CT molecular complexity index is 184. The van der Waals surface area contributed by atoms with Gasteiger partial charge in [0.15, 0.2) is 0 Å². The van der Waals surface area contributed by atoms with E-state index in [2.05, 4.69) is 41.5 Å². The van der Waals surface area contributed by atoms with E-state index in [9.17, 15) is 0 Å². The average molecular weight is 369 g/mol.